The molecule has 1 saturated heterocycles. The maximum atomic E-state index is 12.7. The number of amides is 2. The Morgan fingerprint density at radius 3 is 2.39 bits per heavy atom. The highest BCUT2D eigenvalue weighted by Crippen LogP contribution is 2.29. The van der Waals surface area contributed by atoms with E-state index >= 15 is 0 Å². The lowest BCUT2D eigenvalue weighted by Crippen LogP contribution is -2.45. The van der Waals surface area contributed by atoms with Gasteiger partial charge >= 0.3 is 5.69 Å². The fraction of sp³-hybridized carbons (Fsp3) is 0.471. The van der Waals surface area contributed by atoms with Gasteiger partial charge in [0.05, 0.1) is 11.4 Å². The van der Waals surface area contributed by atoms with Crippen LogP contribution >= 0.6 is 0 Å². The molecule has 0 spiro atoms. The second-order valence-electron chi connectivity index (χ2n) is 6.17. The van der Waals surface area contributed by atoms with E-state index in [2.05, 4.69) is 13.2 Å². The molecular formula is C17H23N3O3. The number of imide groups is 1. The highest BCUT2D eigenvalue weighted by atomic mass is 16.2. The Kier molecular flexibility index (Phi) is 4.45. The summed E-state index contributed by atoms with van der Waals surface area (Å²) in [6.45, 7) is 11.9. The van der Waals surface area contributed by atoms with Gasteiger partial charge in [0.2, 0.25) is 5.91 Å². The van der Waals surface area contributed by atoms with Crippen LogP contribution in [-0.4, -0.2) is 32.9 Å². The van der Waals surface area contributed by atoms with Gasteiger partial charge in [-0.3, -0.25) is 23.6 Å². The van der Waals surface area contributed by atoms with Crippen molar-refractivity contribution < 1.29 is 9.59 Å². The van der Waals surface area contributed by atoms with Crippen molar-refractivity contribution in [3.8, 4) is 0 Å². The zero-order chi connectivity index (χ0) is 17.5. The van der Waals surface area contributed by atoms with Gasteiger partial charge in [0, 0.05) is 20.5 Å². The Balaban J connectivity index is 2.65. The first kappa shape index (κ1) is 17.0. The van der Waals surface area contributed by atoms with E-state index in [4.69, 9.17) is 0 Å². The lowest BCUT2D eigenvalue weighted by atomic mass is 9.99. The van der Waals surface area contributed by atoms with Crippen molar-refractivity contribution >= 4 is 23.5 Å². The standard InChI is InChI=1S/C17H23N3O3/c1-7-12-15(11(4)10(2)3)19(6)17(23)20(12)13-8-9-14(21)18(5)16(13)22/h7,10,13H,1,4,8-9H2,2-3,5-6H3. The normalized spacial score (nSPS) is 18.7. The first-order valence-corrected chi connectivity index (χ1v) is 7.65. The Morgan fingerprint density at radius 2 is 1.87 bits per heavy atom. The Morgan fingerprint density at radius 1 is 1.26 bits per heavy atom. The summed E-state index contributed by atoms with van der Waals surface area (Å²) < 4.78 is 2.95. The van der Waals surface area contributed by atoms with Gasteiger partial charge in [-0.2, -0.15) is 0 Å². The third-order valence-corrected chi connectivity index (χ3v) is 4.46. The van der Waals surface area contributed by atoms with Crippen LogP contribution in [0.2, 0.25) is 0 Å². The maximum Gasteiger partial charge on any atom is 0.329 e. The molecule has 6 nitrogen and oxygen atoms in total. The third kappa shape index (κ3) is 2.58. The van der Waals surface area contributed by atoms with Crippen LogP contribution in [0.1, 0.15) is 44.1 Å². The van der Waals surface area contributed by atoms with Crippen LogP contribution in [0.3, 0.4) is 0 Å². The monoisotopic (exact) mass is 317 g/mol. The summed E-state index contributed by atoms with van der Waals surface area (Å²) in [5.41, 5.74) is 1.79. The minimum atomic E-state index is -0.682. The molecule has 2 amide bonds. The van der Waals surface area contributed by atoms with Gasteiger partial charge in [-0.05, 0) is 24.0 Å². The quantitative estimate of drug-likeness (QED) is 0.796. The molecule has 1 aromatic heterocycles. The number of carbonyl (C=O) groups is 2. The second kappa shape index (κ2) is 6.02. The van der Waals surface area contributed by atoms with Gasteiger partial charge in [-0.15, -0.1) is 0 Å². The van der Waals surface area contributed by atoms with Gasteiger partial charge in [-0.25, -0.2) is 4.79 Å². The number of hydrogen-bond acceptors (Lipinski definition) is 3. The molecule has 0 N–H and O–H groups in total. The summed E-state index contributed by atoms with van der Waals surface area (Å²) in [6, 6.07) is -0.682. The summed E-state index contributed by atoms with van der Waals surface area (Å²) >= 11 is 0. The van der Waals surface area contributed by atoms with Gasteiger partial charge in [0.1, 0.15) is 6.04 Å². The lowest BCUT2D eigenvalue weighted by molar-refractivity contribution is -0.149. The van der Waals surface area contributed by atoms with Crippen molar-refractivity contribution in [2.24, 2.45) is 13.0 Å². The zero-order valence-electron chi connectivity index (χ0n) is 14.1. The molecule has 1 aliphatic heterocycles. The molecule has 0 aromatic carbocycles. The van der Waals surface area contributed by atoms with E-state index in [0.29, 0.717) is 17.8 Å². The number of piperidine rings is 1. The molecule has 0 radical (unpaired) electrons. The van der Waals surface area contributed by atoms with E-state index in [1.54, 1.807) is 13.1 Å². The number of likely N-dealkylation sites (tertiary alicyclic amines) is 1. The van der Waals surface area contributed by atoms with Gasteiger partial charge < -0.3 is 0 Å². The predicted octanol–water partition coefficient (Wildman–Crippen LogP) is 1.82. The first-order valence-electron chi connectivity index (χ1n) is 7.65. The summed E-state index contributed by atoms with van der Waals surface area (Å²) in [7, 11) is 3.11. The van der Waals surface area contributed by atoms with Crippen LogP contribution in [0.15, 0.2) is 18.0 Å². The SMILES string of the molecule is C=Cc1c(C(=C)C(C)C)n(C)c(=O)n1C1CCC(=O)N(C)C1=O. The number of allylic oxidation sites excluding steroid dienone is 1. The topological polar surface area (TPSA) is 64.3 Å². The average molecular weight is 317 g/mol. The van der Waals surface area contributed by atoms with E-state index in [9.17, 15) is 14.4 Å². The number of hydrogen-bond donors (Lipinski definition) is 0. The minimum absolute atomic E-state index is 0.154. The molecule has 1 fully saturated rings. The highest BCUT2D eigenvalue weighted by Gasteiger charge is 2.36. The first-order chi connectivity index (χ1) is 10.7. The number of carbonyl (C=O) groups excluding carboxylic acids is 2. The number of aromatic nitrogens is 2. The number of likely N-dealkylation sites (N-methyl/N-ethyl adjacent to an activating group) is 1. The average Bonchev–Trinajstić information content (AvgIpc) is 2.76. The molecule has 0 saturated carbocycles. The van der Waals surface area contributed by atoms with Crippen molar-refractivity contribution in [1.29, 1.82) is 0 Å². The molecule has 23 heavy (non-hydrogen) atoms. The summed E-state index contributed by atoms with van der Waals surface area (Å²) in [4.78, 5) is 37.9. The van der Waals surface area contributed by atoms with Gasteiger partial charge in [0.15, 0.2) is 0 Å². The van der Waals surface area contributed by atoms with Crippen molar-refractivity contribution in [3.63, 3.8) is 0 Å². The van der Waals surface area contributed by atoms with Crippen LogP contribution < -0.4 is 5.69 Å². The minimum Gasteiger partial charge on any atom is -0.295 e. The smallest absolute Gasteiger partial charge is 0.295 e. The third-order valence-electron chi connectivity index (χ3n) is 4.46. The van der Waals surface area contributed by atoms with E-state index < -0.39 is 6.04 Å². The molecule has 1 aromatic rings. The molecular weight excluding hydrogens is 294 g/mol. The molecule has 1 aliphatic rings. The van der Waals surface area contributed by atoms with Crippen molar-refractivity contribution in [2.75, 3.05) is 7.05 Å². The molecule has 2 heterocycles. The van der Waals surface area contributed by atoms with Crippen LogP contribution in [0.25, 0.3) is 11.6 Å². The van der Waals surface area contributed by atoms with Crippen molar-refractivity contribution in [1.82, 2.24) is 14.0 Å². The predicted molar refractivity (Wildman–Crippen MR) is 89.7 cm³/mol. The van der Waals surface area contributed by atoms with Gasteiger partial charge in [0.25, 0.3) is 5.91 Å². The molecule has 0 aliphatic carbocycles. The van der Waals surface area contributed by atoms with E-state index in [1.807, 2.05) is 13.8 Å². The Hall–Kier alpha value is -2.37. The zero-order valence-corrected chi connectivity index (χ0v) is 14.1. The van der Waals surface area contributed by atoms with E-state index in [1.165, 1.54) is 16.2 Å². The van der Waals surface area contributed by atoms with Crippen molar-refractivity contribution in [3.05, 3.63) is 35.0 Å². The molecule has 2 rings (SSSR count). The maximum absolute atomic E-state index is 12.7. The molecule has 1 unspecified atom stereocenters. The van der Waals surface area contributed by atoms with E-state index in [-0.39, 0.29) is 29.8 Å². The fourth-order valence-electron chi connectivity index (χ4n) is 2.93. The summed E-state index contributed by atoms with van der Waals surface area (Å²) in [5.74, 6) is -0.428. The fourth-order valence-corrected chi connectivity index (χ4v) is 2.93. The Labute approximate surface area is 135 Å². The van der Waals surface area contributed by atoms with Crippen LogP contribution in [0.4, 0.5) is 0 Å². The molecule has 1 atom stereocenters. The highest BCUT2D eigenvalue weighted by molar-refractivity contribution is 5.99. The lowest BCUT2D eigenvalue weighted by Gasteiger charge is -2.28. The van der Waals surface area contributed by atoms with Crippen LogP contribution in [-0.2, 0) is 16.6 Å². The van der Waals surface area contributed by atoms with Crippen LogP contribution in [0, 0.1) is 5.92 Å². The molecule has 124 valence electrons. The largest absolute Gasteiger partial charge is 0.329 e. The van der Waals surface area contributed by atoms with Crippen LogP contribution in [0.5, 0.6) is 0 Å². The second-order valence-corrected chi connectivity index (χ2v) is 6.17. The molecule has 6 heteroatoms. The number of rotatable bonds is 4. The number of imidazole rings is 1. The molecule has 0 bridgehead atoms. The summed E-state index contributed by atoms with van der Waals surface area (Å²) in [5, 5.41) is 0. The van der Waals surface area contributed by atoms with Crippen molar-refractivity contribution in [2.45, 2.75) is 32.7 Å². The Bertz CT molecular complexity index is 752. The van der Waals surface area contributed by atoms with E-state index in [0.717, 1.165) is 10.5 Å². The summed E-state index contributed by atoms with van der Waals surface area (Å²) in [6.07, 6.45) is 2.14. The number of nitrogens with zero attached hydrogens (tertiary/aromatic N) is 3. The van der Waals surface area contributed by atoms with Gasteiger partial charge in [-0.1, -0.05) is 27.0 Å².